The first kappa shape index (κ1) is 22.0. The fraction of sp³-hybridized carbons (Fsp3) is 0.250. The fourth-order valence-corrected chi connectivity index (χ4v) is 4.13. The van der Waals surface area contributed by atoms with E-state index >= 15 is 0 Å². The molecule has 0 aliphatic carbocycles. The molecule has 0 bridgehead atoms. The summed E-state index contributed by atoms with van der Waals surface area (Å²) in [4.78, 5) is 40.6. The zero-order chi connectivity index (χ0) is 21.8. The average Bonchev–Trinajstić information content (AvgIpc) is 2.71. The van der Waals surface area contributed by atoms with Crippen LogP contribution in [0, 0.1) is 10.1 Å². The number of fused-ring (bicyclic) bond motifs is 1. The number of nitro benzene ring substituents is 1. The van der Waals surface area contributed by atoms with E-state index in [1.807, 2.05) is 13.0 Å². The van der Waals surface area contributed by atoms with Crippen molar-refractivity contribution in [1.82, 2.24) is 9.55 Å². The standard InChI is InChI=1S/C20H19BrN4O4S/c1-3-9-24-19(27)16-10-13(21)7-8-17(16)23-20(24)30-12(2)18(26)22-14-5-4-6-15(11-14)25(28)29/h4-8,10-12H,3,9H2,1-2H3,(H,22,26). The molecule has 1 heterocycles. The maximum atomic E-state index is 13.0. The lowest BCUT2D eigenvalue weighted by molar-refractivity contribution is -0.384. The van der Waals surface area contributed by atoms with Gasteiger partial charge in [-0.3, -0.25) is 24.3 Å². The third kappa shape index (κ3) is 4.88. The minimum Gasteiger partial charge on any atom is -0.325 e. The molecule has 0 aliphatic heterocycles. The van der Waals surface area contributed by atoms with Gasteiger partial charge >= 0.3 is 0 Å². The molecule has 1 N–H and O–H groups in total. The minimum atomic E-state index is -0.577. The predicted octanol–water partition coefficient (Wildman–Crippen LogP) is 4.60. The van der Waals surface area contributed by atoms with E-state index in [0.29, 0.717) is 28.3 Å². The Bertz CT molecular complexity index is 1180. The molecule has 1 amide bonds. The number of halogens is 1. The molecule has 0 aliphatic rings. The van der Waals surface area contributed by atoms with Gasteiger partial charge in [-0.2, -0.15) is 0 Å². The van der Waals surface area contributed by atoms with Crippen molar-refractivity contribution in [2.24, 2.45) is 0 Å². The van der Waals surface area contributed by atoms with Crippen molar-refractivity contribution in [2.75, 3.05) is 5.32 Å². The van der Waals surface area contributed by atoms with Gasteiger partial charge in [-0.05, 0) is 37.6 Å². The van der Waals surface area contributed by atoms with Crippen LogP contribution in [-0.2, 0) is 11.3 Å². The first-order chi connectivity index (χ1) is 14.3. The van der Waals surface area contributed by atoms with Crippen LogP contribution in [0.4, 0.5) is 11.4 Å². The fourth-order valence-electron chi connectivity index (χ4n) is 2.84. The number of rotatable bonds is 7. The van der Waals surface area contributed by atoms with Gasteiger partial charge in [-0.15, -0.1) is 0 Å². The number of nitro groups is 1. The number of amides is 1. The summed E-state index contributed by atoms with van der Waals surface area (Å²) in [5.74, 6) is -0.339. The van der Waals surface area contributed by atoms with Crippen LogP contribution in [-0.4, -0.2) is 25.6 Å². The minimum absolute atomic E-state index is 0.104. The number of hydrogen-bond acceptors (Lipinski definition) is 6. The highest BCUT2D eigenvalue weighted by atomic mass is 79.9. The summed E-state index contributed by atoms with van der Waals surface area (Å²) in [7, 11) is 0. The molecule has 0 saturated carbocycles. The van der Waals surface area contributed by atoms with Crippen LogP contribution in [0.5, 0.6) is 0 Å². The maximum absolute atomic E-state index is 13.0. The van der Waals surface area contributed by atoms with Crippen LogP contribution < -0.4 is 10.9 Å². The normalized spacial score (nSPS) is 12.0. The largest absolute Gasteiger partial charge is 0.325 e. The molecule has 1 unspecified atom stereocenters. The molecular formula is C20H19BrN4O4S. The monoisotopic (exact) mass is 490 g/mol. The van der Waals surface area contributed by atoms with E-state index in [9.17, 15) is 19.7 Å². The van der Waals surface area contributed by atoms with Crippen molar-refractivity contribution in [2.45, 2.75) is 37.2 Å². The zero-order valence-corrected chi connectivity index (χ0v) is 18.7. The number of anilines is 1. The average molecular weight is 491 g/mol. The lowest BCUT2D eigenvalue weighted by Gasteiger charge is -2.16. The van der Waals surface area contributed by atoms with E-state index in [1.165, 1.54) is 30.0 Å². The molecule has 10 heteroatoms. The molecule has 1 atom stereocenters. The molecule has 8 nitrogen and oxygen atoms in total. The van der Waals surface area contributed by atoms with E-state index in [-0.39, 0.29) is 17.2 Å². The highest BCUT2D eigenvalue weighted by molar-refractivity contribution is 9.10. The maximum Gasteiger partial charge on any atom is 0.271 e. The third-order valence-electron chi connectivity index (χ3n) is 4.30. The molecule has 0 spiro atoms. The van der Waals surface area contributed by atoms with Gasteiger partial charge in [0.2, 0.25) is 5.91 Å². The number of benzene rings is 2. The van der Waals surface area contributed by atoms with Gasteiger partial charge in [-0.25, -0.2) is 4.98 Å². The topological polar surface area (TPSA) is 107 Å². The van der Waals surface area contributed by atoms with Gasteiger partial charge < -0.3 is 5.32 Å². The number of non-ortho nitro benzene ring substituents is 1. The van der Waals surface area contributed by atoms with Crippen LogP contribution in [0.3, 0.4) is 0 Å². The Kier molecular flexibility index (Phi) is 6.88. The summed E-state index contributed by atoms with van der Waals surface area (Å²) >= 11 is 4.55. The van der Waals surface area contributed by atoms with E-state index < -0.39 is 10.2 Å². The lowest BCUT2D eigenvalue weighted by atomic mass is 10.2. The summed E-state index contributed by atoms with van der Waals surface area (Å²) in [6, 6.07) is 11.1. The second-order valence-corrected chi connectivity index (χ2v) is 8.79. The first-order valence-corrected chi connectivity index (χ1v) is 10.9. The highest BCUT2D eigenvalue weighted by Crippen LogP contribution is 2.25. The van der Waals surface area contributed by atoms with Crippen LogP contribution >= 0.6 is 27.7 Å². The Morgan fingerprint density at radius 2 is 2.10 bits per heavy atom. The predicted molar refractivity (Wildman–Crippen MR) is 121 cm³/mol. The number of aromatic nitrogens is 2. The third-order valence-corrected chi connectivity index (χ3v) is 5.89. The molecule has 30 heavy (non-hydrogen) atoms. The smallest absolute Gasteiger partial charge is 0.271 e. The molecule has 0 fully saturated rings. The van der Waals surface area contributed by atoms with Crippen LogP contribution in [0.1, 0.15) is 20.3 Å². The Hall–Kier alpha value is -2.72. The number of nitrogens with zero attached hydrogens (tertiary/aromatic N) is 3. The molecule has 0 radical (unpaired) electrons. The van der Waals surface area contributed by atoms with Gasteiger partial charge in [0.15, 0.2) is 5.16 Å². The second kappa shape index (κ2) is 9.40. The van der Waals surface area contributed by atoms with Crippen LogP contribution in [0.25, 0.3) is 10.9 Å². The van der Waals surface area contributed by atoms with Gasteiger partial charge in [0.1, 0.15) is 0 Å². The SMILES string of the molecule is CCCn1c(SC(C)C(=O)Nc2cccc([N+](=O)[O-])c2)nc2ccc(Br)cc2c1=O. The van der Waals surface area contributed by atoms with Crippen LogP contribution in [0.15, 0.2) is 56.9 Å². The van der Waals surface area contributed by atoms with Crippen molar-refractivity contribution in [3.05, 3.63) is 67.4 Å². The molecule has 0 saturated heterocycles. The molecule has 3 aromatic rings. The number of carbonyl (C=O) groups is 1. The second-order valence-electron chi connectivity index (χ2n) is 6.57. The first-order valence-electron chi connectivity index (χ1n) is 9.22. The molecule has 156 valence electrons. The number of carbonyl (C=O) groups excluding carboxylic acids is 1. The number of nitrogens with one attached hydrogen (secondary N) is 1. The van der Waals surface area contributed by atoms with E-state index in [4.69, 9.17) is 0 Å². The van der Waals surface area contributed by atoms with Gasteiger partial charge in [0, 0.05) is 28.8 Å². The summed E-state index contributed by atoms with van der Waals surface area (Å²) in [5, 5.41) is 14.0. The Labute approximate surface area is 185 Å². The van der Waals surface area contributed by atoms with Crippen molar-refractivity contribution in [1.29, 1.82) is 0 Å². The van der Waals surface area contributed by atoms with E-state index in [2.05, 4.69) is 26.2 Å². The highest BCUT2D eigenvalue weighted by Gasteiger charge is 2.20. The molecular weight excluding hydrogens is 472 g/mol. The van der Waals surface area contributed by atoms with Gasteiger partial charge in [-0.1, -0.05) is 40.7 Å². The van der Waals surface area contributed by atoms with E-state index in [1.54, 1.807) is 29.7 Å². The summed E-state index contributed by atoms with van der Waals surface area (Å²) in [5.41, 5.74) is 0.637. The van der Waals surface area contributed by atoms with Crippen molar-refractivity contribution in [3.63, 3.8) is 0 Å². The summed E-state index contributed by atoms with van der Waals surface area (Å²) in [6.45, 7) is 4.14. The van der Waals surface area contributed by atoms with Gasteiger partial charge in [0.05, 0.1) is 21.1 Å². The Balaban J connectivity index is 1.87. The summed E-state index contributed by atoms with van der Waals surface area (Å²) < 4.78 is 2.37. The number of thioether (sulfide) groups is 1. The Morgan fingerprint density at radius 1 is 1.33 bits per heavy atom. The molecule has 3 rings (SSSR count). The van der Waals surface area contributed by atoms with Crippen molar-refractivity contribution < 1.29 is 9.72 Å². The quantitative estimate of drug-likeness (QED) is 0.224. The zero-order valence-electron chi connectivity index (χ0n) is 16.3. The van der Waals surface area contributed by atoms with Crippen molar-refractivity contribution in [3.8, 4) is 0 Å². The van der Waals surface area contributed by atoms with Crippen molar-refractivity contribution >= 4 is 55.9 Å². The van der Waals surface area contributed by atoms with E-state index in [0.717, 1.165) is 10.9 Å². The molecule has 1 aromatic heterocycles. The summed E-state index contributed by atoms with van der Waals surface area (Å²) in [6.07, 6.45) is 0.739. The Morgan fingerprint density at radius 3 is 2.80 bits per heavy atom. The lowest BCUT2D eigenvalue weighted by Crippen LogP contribution is -2.27. The van der Waals surface area contributed by atoms with Gasteiger partial charge in [0.25, 0.3) is 11.2 Å². The van der Waals surface area contributed by atoms with Crippen LogP contribution in [0.2, 0.25) is 0 Å². The molecule has 2 aromatic carbocycles. The number of hydrogen-bond donors (Lipinski definition) is 1.